The molecule has 4 rings (SSSR count). The Bertz CT molecular complexity index is 1240. The Morgan fingerprint density at radius 2 is 2.06 bits per heavy atom. The highest BCUT2D eigenvalue weighted by Crippen LogP contribution is 2.30. The van der Waals surface area contributed by atoms with Crippen LogP contribution in [-0.2, 0) is 0 Å². The normalized spacial score (nSPS) is 18.5. The van der Waals surface area contributed by atoms with E-state index in [1.165, 1.54) is 23.1 Å². The van der Waals surface area contributed by atoms with Crippen molar-refractivity contribution >= 4 is 11.8 Å². The highest BCUT2D eigenvalue weighted by Gasteiger charge is 2.35. The standard InChI is InChI=1S/C27H29FN4O4/c1-17-14-32(18(2)16-33)27(35)23-11-21(20-7-5-9-29-12-20)13-30-25(23)36-24(17)15-31(3)26(34)19-6-4-8-22(28)10-19/h4-13,17-18,24,33H,14-16H2,1-3H3/t17-,18+,24-/m0/s1. The predicted octanol–water partition coefficient (Wildman–Crippen LogP) is 3.28. The highest BCUT2D eigenvalue weighted by atomic mass is 19.1. The van der Waals surface area contributed by atoms with Gasteiger partial charge < -0.3 is 19.6 Å². The number of amides is 2. The minimum atomic E-state index is -0.510. The summed E-state index contributed by atoms with van der Waals surface area (Å²) in [6, 6.07) is 10.5. The monoisotopic (exact) mass is 492 g/mol. The molecule has 3 atom stereocenters. The molecule has 0 saturated carbocycles. The van der Waals surface area contributed by atoms with Gasteiger partial charge in [-0.2, -0.15) is 0 Å². The van der Waals surface area contributed by atoms with E-state index < -0.39 is 18.0 Å². The van der Waals surface area contributed by atoms with Crippen LogP contribution in [0, 0.1) is 11.7 Å². The van der Waals surface area contributed by atoms with Gasteiger partial charge in [-0.25, -0.2) is 9.37 Å². The molecule has 36 heavy (non-hydrogen) atoms. The number of carbonyl (C=O) groups excluding carboxylic acids is 2. The van der Waals surface area contributed by atoms with Gasteiger partial charge >= 0.3 is 0 Å². The minimum absolute atomic E-state index is 0.158. The van der Waals surface area contributed by atoms with Crippen molar-refractivity contribution in [1.82, 2.24) is 19.8 Å². The van der Waals surface area contributed by atoms with E-state index in [0.29, 0.717) is 12.1 Å². The maximum Gasteiger partial charge on any atom is 0.259 e. The number of aliphatic hydroxyl groups is 1. The number of nitrogens with zero attached hydrogens (tertiary/aromatic N) is 4. The number of hydrogen-bond donors (Lipinski definition) is 1. The van der Waals surface area contributed by atoms with Crippen molar-refractivity contribution < 1.29 is 23.8 Å². The molecule has 1 aliphatic heterocycles. The van der Waals surface area contributed by atoms with Gasteiger partial charge in [0.15, 0.2) is 0 Å². The smallest absolute Gasteiger partial charge is 0.259 e. The van der Waals surface area contributed by atoms with Gasteiger partial charge in [0, 0.05) is 54.8 Å². The first-order chi connectivity index (χ1) is 17.3. The van der Waals surface area contributed by atoms with Gasteiger partial charge in [-0.1, -0.05) is 19.1 Å². The molecule has 1 aliphatic rings. The molecule has 9 heteroatoms. The van der Waals surface area contributed by atoms with Crippen molar-refractivity contribution in [2.75, 3.05) is 26.7 Å². The summed E-state index contributed by atoms with van der Waals surface area (Å²) in [7, 11) is 1.63. The van der Waals surface area contributed by atoms with Crippen LogP contribution in [0.25, 0.3) is 11.1 Å². The lowest BCUT2D eigenvalue weighted by molar-refractivity contribution is 0.0313. The number of rotatable bonds is 6. The second-order valence-electron chi connectivity index (χ2n) is 9.14. The van der Waals surface area contributed by atoms with Crippen LogP contribution in [-0.4, -0.2) is 75.6 Å². The molecule has 8 nitrogen and oxygen atoms in total. The number of benzene rings is 1. The van der Waals surface area contributed by atoms with Crippen molar-refractivity contribution in [1.29, 1.82) is 0 Å². The largest absolute Gasteiger partial charge is 0.472 e. The zero-order valence-electron chi connectivity index (χ0n) is 20.5. The van der Waals surface area contributed by atoms with Crippen LogP contribution < -0.4 is 4.74 Å². The fourth-order valence-electron chi connectivity index (χ4n) is 4.21. The lowest BCUT2D eigenvalue weighted by atomic mass is 9.99. The fraction of sp³-hybridized carbons (Fsp3) is 0.333. The Morgan fingerprint density at radius 3 is 2.75 bits per heavy atom. The highest BCUT2D eigenvalue weighted by molar-refractivity contribution is 5.98. The quantitative estimate of drug-likeness (QED) is 0.568. The van der Waals surface area contributed by atoms with Gasteiger partial charge in [-0.3, -0.25) is 14.6 Å². The Hall–Kier alpha value is -3.85. The zero-order chi connectivity index (χ0) is 25.8. The molecule has 0 spiro atoms. The van der Waals surface area contributed by atoms with Gasteiger partial charge in [0.2, 0.25) is 5.88 Å². The summed E-state index contributed by atoms with van der Waals surface area (Å²) >= 11 is 0. The Balaban J connectivity index is 1.67. The maximum atomic E-state index is 13.7. The van der Waals surface area contributed by atoms with Crippen LogP contribution in [0.15, 0.2) is 61.1 Å². The molecule has 1 aromatic carbocycles. The first kappa shape index (κ1) is 25.2. The lowest BCUT2D eigenvalue weighted by Crippen LogP contribution is -2.50. The molecule has 0 fully saturated rings. The summed E-state index contributed by atoms with van der Waals surface area (Å²) < 4.78 is 19.9. The van der Waals surface area contributed by atoms with Gasteiger partial charge in [0.25, 0.3) is 11.8 Å². The van der Waals surface area contributed by atoms with E-state index in [2.05, 4.69) is 9.97 Å². The third-order valence-electron chi connectivity index (χ3n) is 6.39. The second-order valence-corrected chi connectivity index (χ2v) is 9.14. The molecule has 0 saturated heterocycles. The summed E-state index contributed by atoms with van der Waals surface area (Å²) in [5, 5.41) is 9.83. The number of fused-ring (bicyclic) bond motifs is 1. The molecular weight excluding hydrogens is 463 g/mol. The number of ether oxygens (including phenoxy) is 1. The van der Waals surface area contributed by atoms with Gasteiger partial charge in [-0.05, 0) is 37.3 Å². The molecule has 3 heterocycles. The number of pyridine rings is 2. The molecule has 1 N–H and O–H groups in total. The SMILES string of the molecule is C[C@H](CO)N1C[C@H](C)[C@H](CN(C)C(=O)c2cccc(F)c2)Oc2ncc(-c3cccnc3)cc2C1=O. The number of aliphatic hydroxyl groups excluding tert-OH is 1. The van der Waals surface area contributed by atoms with Crippen LogP contribution in [0.5, 0.6) is 5.88 Å². The fourth-order valence-corrected chi connectivity index (χ4v) is 4.21. The Kier molecular flexibility index (Phi) is 7.59. The van der Waals surface area contributed by atoms with Crippen LogP contribution in [0.3, 0.4) is 0 Å². The molecule has 0 radical (unpaired) electrons. The van der Waals surface area contributed by atoms with Crippen LogP contribution in [0.4, 0.5) is 4.39 Å². The van der Waals surface area contributed by atoms with E-state index >= 15 is 0 Å². The molecule has 188 valence electrons. The number of likely N-dealkylation sites (N-methyl/N-ethyl adjacent to an activating group) is 1. The third kappa shape index (κ3) is 5.36. The summed E-state index contributed by atoms with van der Waals surface area (Å²) in [6.45, 7) is 4.00. The molecule has 2 aromatic heterocycles. The van der Waals surface area contributed by atoms with Gasteiger partial charge in [0.05, 0.1) is 19.2 Å². The van der Waals surface area contributed by atoms with Crippen LogP contribution >= 0.6 is 0 Å². The number of halogens is 1. The van der Waals surface area contributed by atoms with E-state index in [1.54, 1.807) is 55.7 Å². The van der Waals surface area contributed by atoms with E-state index in [1.807, 2.05) is 13.0 Å². The first-order valence-electron chi connectivity index (χ1n) is 11.8. The summed E-state index contributed by atoms with van der Waals surface area (Å²) in [5.41, 5.74) is 2.02. The Labute approximate surface area is 209 Å². The van der Waals surface area contributed by atoms with Crippen molar-refractivity contribution in [3.05, 3.63) is 78.0 Å². The van der Waals surface area contributed by atoms with Crippen molar-refractivity contribution in [3.8, 4) is 17.0 Å². The van der Waals surface area contributed by atoms with Gasteiger partial charge in [-0.15, -0.1) is 0 Å². The molecule has 0 bridgehead atoms. The maximum absolute atomic E-state index is 13.7. The summed E-state index contributed by atoms with van der Waals surface area (Å²) in [4.78, 5) is 38.2. The topological polar surface area (TPSA) is 95.9 Å². The second kappa shape index (κ2) is 10.8. The molecule has 3 aromatic rings. The summed E-state index contributed by atoms with van der Waals surface area (Å²) in [5.74, 6) is -1.16. The number of hydrogen-bond acceptors (Lipinski definition) is 6. The molecule has 0 unspecified atom stereocenters. The first-order valence-corrected chi connectivity index (χ1v) is 11.8. The van der Waals surface area contributed by atoms with E-state index in [0.717, 1.165) is 5.56 Å². The van der Waals surface area contributed by atoms with E-state index in [4.69, 9.17) is 4.74 Å². The minimum Gasteiger partial charge on any atom is -0.472 e. The van der Waals surface area contributed by atoms with Crippen LogP contribution in [0.1, 0.15) is 34.6 Å². The van der Waals surface area contributed by atoms with E-state index in [-0.39, 0.29) is 47.9 Å². The average Bonchev–Trinajstić information content (AvgIpc) is 2.90. The third-order valence-corrected chi connectivity index (χ3v) is 6.39. The lowest BCUT2D eigenvalue weighted by Gasteiger charge is -2.37. The zero-order valence-corrected chi connectivity index (χ0v) is 20.5. The molecule has 0 aliphatic carbocycles. The van der Waals surface area contributed by atoms with E-state index in [9.17, 15) is 19.1 Å². The van der Waals surface area contributed by atoms with Crippen molar-refractivity contribution in [3.63, 3.8) is 0 Å². The van der Waals surface area contributed by atoms with Gasteiger partial charge in [0.1, 0.15) is 17.5 Å². The number of aromatic nitrogens is 2. The Morgan fingerprint density at radius 1 is 1.25 bits per heavy atom. The van der Waals surface area contributed by atoms with Crippen molar-refractivity contribution in [2.45, 2.75) is 26.0 Å². The molecular formula is C27H29FN4O4. The predicted molar refractivity (Wildman–Crippen MR) is 132 cm³/mol. The number of carbonyl (C=O) groups is 2. The van der Waals surface area contributed by atoms with Crippen molar-refractivity contribution in [2.24, 2.45) is 5.92 Å². The van der Waals surface area contributed by atoms with Crippen LogP contribution in [0.2, 0.25) is 0 Å². The summed E-state index contributed by atoms with van der Waals surface area (Å²) in [6.07, 6.45) is 4.46. The average molecular weight is 493 g/mol. The molecule has 2 amide bonds.